The lowest BCUT2D eigenvalue weighted by molar-refractivity contribution is -0.575. The number of hydrogen-bond acceptors (Lipinski definition) is 11. The molecule has 0 radical (unpaired) electrons. The molecule has 0 aromatic heterocycles. The van der Waals surface area contributed by atoms with Crippen molar-refractivity contribution in [3.63, 3.8) is 0 Å². The highest BCUT2D eigenvalue weighted by Gasteiger charge is 2.43. The Balaban J connectivity index is 0.000000263. The molecule has 3 atom stereocenters. The van der Waals surface area contributed by atoms with E-state index in [4.69, 9.17) is 10.3 Å². The third-order valence-electron chi connectivity index (χ3n) is 5.84. The van der Waals surface area contributed by atoms with Crippen molar-refractivity contribution >= 4 is 35.2 Å². The van der Waals surface area contributed by atoms with Crippen LogP contribution in [-0.4, -0.2) is 50.2 Å². The van der Waals surface area contributed by atoms with Gasteiger partial charge in [0, 0.05) is 24.6 Å². The Labute approximate surface area is 224 Å². The second kappa shape index (κ2) is 12.8. The number of carbonyl (C=O) groups excluding carboxylic acids is 4. The molecule has 0 spiro atoms. The third kappa shape index (κ3) is 7.08. The van der Waals surface area contributed by atoms with Crippen molar-refractivity contribution in [2.75, 3.05) is 0 Å². The number of hydrogen-bond donors (Lipinski definition) is 1. The van der Waals surface area contributed by atoms with Crippen LogP contribution in [0.15, 0.2) is 48.5 Å². The number of ketones is 1. The van der Waals surface area contributed by atoms with Crippen LogP contribution in [0.3, 0.4) is 0 Å². The lowest BCUT2D eigenvalue weighted by atomic mass is 9.84. The van der Waals surface area contributed by atoms with E-state index in [0.717, 1.165) is 0 Å². The van der Waals surface area contributed by atoms with Gasteiger partial charge in [-0.15, -0.1) is 0 Å². The number of Topliss-reactive ketones (excluding diaryl/α,β-unsaturated/α-hetero) is 1. The number of amides is 1. The summed E-state index contributed by atoms with van der Waals surface area (Å²) in [5.41, 5.74) is 8.81. The normalized spacial score (nSPS) is 18.5. The van der Waals surface area contributed by atoms with Crippen molar-refractivity contribution in [3.8, 4) is 5.75 Å². The van der Waals surface area contributed by atoms with Gasteiger partial charge in [-0.25, -0.2) is 9.59 Å². The van der Waals surface area contributed by atoms with E-state index in [9.17, 15) is 39.4 Å². The van der Waals surface area contributed by atoms with Gasteiger partial charge in [0.1, 0.15) is 12.4 Å². The number of carbonyl (C=O) groups is 4. The van der Waals surface area contributed by atoms with E-state index in [1.807, 2.05) is 6.92 Å². The monoisotopic (exact) mass is 555 g/mol. The van der Waals surface area contributed by atoms with Crippen LogP contribution in [0.1, 0.15) is 37.1 Å². The molecule has 1 saturated heterocycles. The molecule has 2 aromatic rings. The zero-order chi connectivity index (χ0) is 29.4. The number of nitrogens with one attached hydrogen (secondary N) is 1. The first-order valence-electron chi connectivity index (χ1n) is 11.6. The summed E-state index contributed by atoms with van der Waals surface area (Å²) in [5.74, 6) is -2.47. The van der Waals surface area contributed by atoms with Gasteiger partial charge < -0.3 is 25.1 Å². The fourth-order valence-corrected chi connectivity index (χ4v) is 3.68. The summed E-state index contributed by atoms with van der Waals surface area (Å²) in [6.07, 6.45) is -2.17. The van der Waals surface area contributed by atoms with Crippen molar-refractivity contribution in [1.29, 1.82) is 0 Å². The molecule has 1 fully saturated rings. The van der Waals surface area contributed by atoms with Crippen LogP contribution < -0.4 is 10.1 Å². The molecule has 2 aromatic carbocycles. The highest BCUT2D eigenvalue weighted by atomic mass is 16.8. The van der Waals surface area contributed by atoms with Gasteiger partial charge in [-0.05, 0) is 48.4 Å². The molecule has 3 unspecified atom stereocenters. The zero-order valence-corrected chi connectivity index (χ0v) is 20.8. The van der Waals surface area contributed by atoms with E-state index in [1.54, 1.807) is 0 Å². The van der Waals surface area contributed by atoms with Gasteiger partial charge in [0.05, 0.1) is 21.3 Å². The molecule has 0 saturated carbocycles. The molecular weight excluding hydrogens is 534 g/mol. The average Bonchev–Trinajstić information content (AvgIpc) is 2.92. The molecule has 1 N–H and O–H groups in total. The van der Waals surface area contributed by atoms with Crippen molar-refractivity contribution in [2.24, 2.45) is 5.92 Å². The summed E-state index contributed by atoms with van der Waals surface area (Å²) in [4.78, 5) is 69.0. The number of nitro groups is 2. The van der Waals surface area contributed by atoms with Gasteiger partial charge in [0.2, 0.25) is 5.91 Å². The van der Waals surface area contributed by atoms with E-state index < -0.39 is 45.6 Å². The molecule has 16 nitrogen and oxygen atoms in total. The number of non-ortho nitro benzene ring substituents is 1. The Morgan fingerprint density at radius 1 is 1.07 bits per heavy atom. The number of nitrogens with zero attached hydrogens (tertiary/aromatic N) is 4. The number of β-lactam (4-membered cyclic amide) rings is 1. The topological polar surface area (TPSA) is 231 Å². The van der Waals surface area contributed by atoms with Crippen molar-refractivity contribution in [3.05, 3.63) is 85.4 Å². The number of rotatable bonds is 9. The van der Waals surface area contributed by atoms with E-state index in [0.29, 0.717) is 23.3 Å². The maximum absolute atomic E-state index is 12.1. The first kappa shape index (κ1) is 29.1. The third-order valence-corrected chi connectivity index (χ3v) is 5.84. The predicted octanol–water partition coefficient (Wildman–Crippen LogP) is 2.28. The minimum Gasteiger partial charge on any atom is -0.452 e. The van der Waals surface area contributed by atoms with Crippen LogP contribution in [0, 0.1) is 26.1 Å². The molecule has 5 rings (SSSR count). The van der Waals surface area contributed by atoms with Crippen LogP contribution in [0.2, 0.25) is 0 Å². The number of benzene rings is 2. The molecule has 2 bridgehead atoms. The SMILES string of the molecule is CCC1NC(=O)C1CC(=O)C(=[N+]=[N-])C(=O)OCc1ccc([N+](=O)[O-])cc1.O=C1Oc2ccc(cc2)C([N+](=O)[O-])O1. The number of nitro benzene ring substituents is 1. The molecule has 208 valence electrons. The molecule has 3 aliphatic heterocycles. The summed E-state index contributed by atoms with van der Waals surface area (Å²) in [6, 6.07) is 11.1. The highest BCUT2D eigenvalue weighted by molar-refractivity contribution is 6.62. The summed E-state index contributed by atoms with van der Waals surface area (Å²) in [6.45, 7) is 1.59. The van der Waals surface area contributed by atoms with Crippen LogP contribution in [0.25, 0.3) is 5.53 Å². The Hall–Kier alpha value is -5.50. The fourth-order valence-electron chi connectivity index (χ4n) is 3.68. The number of ether oxygens (including phenoxy) is 3. The van der Waals surface area contributed by atoms with Crippen molar-refractivity contribution in [2.45, 2.75) is 38.6 Å². The Bertz CT molecular complexity index is 1380. The Morgan fingerprint density at radius 3 is 2.25 bits per heavy atom. The Kier molecular flexibility index (Phi) is 9.33. The fraction of sp³-hybridized carbons (Fsp3) is 0.292. The van der Waals surface area contributed by atoms with Gasteiger partial charge in [-0.1, -0.05) is 6.92 Å². The van der Waals surface area contributed by atoms with Gasteiger partial charge in [0.15, 0.2) is 0 Å². The van der Waals surface area contributed by atoms with Crippen molar-refractivity contribution in [1.82, 2.24) is 5.32 Å². The van der Waals surface area contributed by atoms with Crippen LogP contribution in [0.5, 0.6) is 5.75 Å². The first-order valence-corrected chi connectivity index (χ1v) is 11.6. The molecule has 1 amide bonds. The molecule has 16 heteroatoms. The average molecular weight is 555 g/mol. The smallest absolute Gasteiger partial charge is 0.452 e. The quantitative estimate of drug-likeness (QED) is 0.0542. The second-order valence-corrected chi connectivity index (χ2v) is 8.38. The second-order valence-electron chi connectivity index (χ2n) is 8.38. The van der Waals surface area contributed by atoms with Crippen LogP contribution >= 0.6 is 0 Å². The van der Waals surface area contributed by atoms with E-state index >= 15 is 0 Å². The standard InChI is InChI=1S/C16H16N4O6.C8H5NO5/c1-2-12-11(15(22)18-12)7-13(21)14(19-17)16(23)26-8-9-3-5-10(6-4-9)20(24)25;10-8-13-6-3-1-5(2-4-6)7(14-8)9(11)12/h3-6,11-12H,2,7-8H2,1H3,(H,18,22);1-4,7H. The zero-order valence-electron chi connectivity index (χ0n) is 20.8. The van der Waals surface area contributed by atoms with E-state index in [2.05, 4.69) is 19.6 Å². The Morgan fingerprint density at radius 2 is 1.73 bits per heavy atom. The predicted molar refractivity (Wildman–Crippen MR) is 130 cm³/mol. The maximum Gasteiger partial charge on any atom is 0.519 e. The molecule has 40 heavy (non-hydrogen) atoms. The number of esters is 1. The maximum atomic E-state index is 12.1. The summed E-state index contributed by atoms with van der Waals surface area (Å²) < 4.78 is 14.0. The van der Waals surface area contributed by atoms with Crippen LogP contribution in [-0.2, 0) is 30.5 Å². The molecular formula is C24H21N5O11. The lowest BCUT2D eigenvalue weighted by Crippen LogP contribution is -2.58. The lowest BCUT2D eigenvalue weighted by Gasteiger charge is -2.35. The van der Waals surface area contributed by atoms with E-state index in [-0.39, 0.29) is 30.7 Å². The van der Waals surface area contributed by atoms with Gasteiger partial charge in [0.25, 0.3) is 11.5 Å². The first-order chi connectivity index (χ1) is 19.0. The minimum absolute atomic E-state index is 0.114. The summed E-state index contributed by atoms with van der Waals surface area (Å²) >= 11 is 0. The van der Waals surface area contributed by atoms with E-state index in [1.165, 1.54) is 48.5 Å². The van der Waals surface area contributed by atoms with Crippen molar-refractivity contribution < 1.29 is 48.0 Å². The van der Waals surface area contributed by atoms with Gasteiger partial charge >= 0.3 is 24.1 Å². The number of fused-ring (bicyclic) bond motifs is 5. The summed E-state index contributed by atoms with van der Waals surface area (Å²) in [5, 5.41) is 23.7. The van der Waals surface area contributed by atoms with Gasteiger partial charge in [-0.2, -0.15) is 4.79 Å². The minimum atomic E-state index is -1.49. The van der Waals surface area contributed by atoms with Crippen LogP contribution in [0.4, 0.5) is 10.5 Å². The summed E-state index contributed by atoms with van der Waals surface area (Å²) in [7, 11) is 0. The largest absolute Gasteiger partial charge is 0.519 e. The van der Waals surface area contributed by atoms with Gasteiger partial charge in [-0.3, -0.25) is 29.8 Å². The molecule has 0 aliphatic carbocycles. The highest BCUT2D eigenvalue weighted by Crippen LogP contribution is 2.25. The molecule has 3 aliphatic rings. The molecule has 3 heterocycles.